The van der Waals surface area contributed by atoms with Gasteiger partial charge in [-0.2, -0.15) is 0 Å². The van der Waals surface area contributed by atoms with Gasteiger partial charge in [-0.05, 0) is 39.3 Å². The van der Waals surface area contributed by atoms with Crippen molar-refractivity contribution in [1.82, 2.24) is 15.5 Å². The van der Waals surface area contributed by atoms with Crippen molar-refractivity contribution >= 4 is 11.8 Å². The van der Waals surface area contributed by atoms with E-state index < -0.39 is 0 Å². The van der Waals surface area contributed by atoms with Gasteiger partial charge in [0.05, 0.1) is 12.0 Å². The Labute approximate surface area is 142 Å². The average molecular weight is 335 g/mol. The SMILES string of the molecule is CCNC(=O)C1CCCN(C(C)C(=O)NCc2ccccc2F)C1. The standard InChI is InChI=1S/C18H26FN3O2/c1-3-20-18(24)15-8-6-10-22(12-15)13(2)17(23)21-11-14-7-4-5-9-16(14)19/h4-5,7,9,13,15H,3,6,8,10-12H2,1-2H3,(H,20,24)(H,21,23). The molecule has 24 heavy (non-hydrogen) atoms. The fourth-order valence-corrected chi connectivity index (χ4v) is 3.03. The number of benzene rings is 1. The lowest BCUT2D eigenvalue weighted by atomic mass is 9.96. The zero-order valence-electron chi connectivity index (χ0n) is 14.3. The van der Waals surface area contributed by atoms with E-state index in [9.17, 15) is 14.0 Å². The molecule has 2 amide bonds. The summed E-state index contributed by atoms with van der Waals surface area (Å²) in [5, 5.41) is 5.63. The van der Waals surface area contributed by atoms with E-state index >= 15 is 0 Å². The Hall–Kier alpha value is -1.95. The molecule has 2 rings (SSSR count). The lowest BCUT2D eigenvalue weighted by Crippen LogP contribution is -2.51. The van der Waals surface area contributed by atoms with Crippen LogP contribution in [-0.4, -0.2) is 42.4 Å². The fraction of sp³-hybridized carbons (Fsp3) is 0.556. The van der Waals surface area contributed by atoms with Gasteiger partial charge in [0.15, 0.2) is 0 Å². The Balaban J connectivity index is 1.88. The summed E-state index contributed by atoms with van der Waals surface area (Å²) >= 11 is 0. The smallest absolute Gasteiger partial charge is 0.237 e. The molecule has 1 saturated heterocycles. The van der Waals surface area contributed by atoms with Gasteiger partial charge in [0.25, 0.3) is 0 Å². The summed E-state index contributed by atoms with van der Waals surface area (Å²) in [6.45, 7) is 5.90. The monoisotopic (exact) mass is 335 g/mol. The number of piperidine rings is 1. The van der Waals surface area contributed by atoms with Crippen molar-refractivity contribution in [3.05, 3.63) is 35.6 Å². The highest BCUT2D eigenvalue weighted by molar-refractivity contribution is 5.82. The van der Waals surface area contributed by atoms with Crippen LogP contribution in [0.25, 0.3) is 0 Å². The molecule has 1 aromatic carbocycles. The van der Waals surface area contributed by atoms with Crippen molar-refractivity contribution < 1.29 is 14.0 Å². The maximum Gasteiger partial charge on any atom is 0.237 e. The van der Waals surface area contributed by atoms with Crippen molar-refractivity contribution in [3.8, 4) is 0 Å². The molecule has 1 heterocycles. The Kier molecular flexibility index (Phi) is 6.73. The third-order valence-electron chi connectivity index (χ3n) is 4.51. The van der Waals surface area contributed by atoms with Crippen molar-refractivity contribution in [2.75, 3.05) is 19.6 Å². The molecule has 1 aliphatic rings. The predicted molar refractivity (Wildman–Crippen MR) is 90.7 cm³/mol. The number of halogens is 1. The number of nitrogens with one attached hydrogen (secondary N) is 2. The third-order valence-corrected chi connectivity index (χ3v) is 4.51. The zero-order valence-corrected chi connectivity index (χ0v) is 14.3. The van der Waals surface area contributed by atoms with E-state index in [1.165, 1.54) is 6.07 Å². The Bertz CT molecular complexity index is 579. The number of likely N-dealkylation sites (tertiary alicyclic amines) is 1. The van der Waals surface area contributed by atoms with Gasteiger partial charge >= 0.3 is 0 Å². The summed E-state index contributed by atoms with van der Waals surface area (Å²) in [5.74, 6) is -0.476. The van der Waals surface area contributed by atoms with Crippen LogP contribution in [0.4, 0.5) is 4.39 Å². The number of hydrogen-bond acceptors (Lipinski definition) is 3. The van der Waals surface area contributed by atoms with Crippen LogP contribution in [0.2, 0.25) is 0 Å². The lowest BCUT2D eigenvalue weighted by Gasteiger charge is -2.35. The second-order valence-electron chi connectivity index (χ2n) is 6.21. The first kappa shape index (κ1) is 18.4. The highest BCUT2D eigenvalue weighted by Gasteiger charge is 2.30. The minimum Gasteiger partial charge on any atom is -0.356 e. The minimum absolute atomic E-state index is 0.0566. The highest BCUT2D eigenvalue weighted by Crippen LogP contribution is 2.19. The molecule has 0 spiro atoms. The van der Waals surface area contributed by atoms with Gasteiger partial charge in [0, 0.05) is 25.2 Å². The van der Waals surface area contributed by atoms with Crippen molar-refractivity contribution in [3.63, 3.8) is 0 Å². The maximum absolute atomic E-state index is 13.6. The molecular formula is C18H26FN3O2. The molecule has 2 N–H and O–H groups in total. The van der Waals surface area contributed by atoms with E-state index in [1.807, 2.05) is 18.7 Å². The lowest BCUT2D eigenvalue weighted by molar-refractivity contribution is -0.131. The maximum atomic E-state index is 13.6. The summed E-state index contributed by atoms with van der Waals surface area (Å²) in [4.78, 5) is 26.4. The normalized spacial score (nSPS) is 19.5. The van der Waals surface area contributed by atoms with Gasteiger partial charge in [-0.1, -0.05) is 18.2 Å². The van der Waals surface area contributed by atoms with E-state index in [0.29, 0.717) is 18.7 Å². The van der Waals surface area contributed by atoms with Crippen LogP contribution in [0.3, 0.4) is 0 Å². The fourth-order valence-electron chi connectivity index (χ4n) is 3.03. The first-order chi connectivity index (χ1) is 11.5. The molecular weight excluding hydrogens is 309 g/mol. The molecule has 5 nitrogen and oxygen atoms in total. The van der Waals surface area contributed by atoms with Gasteiger partial charge in [0.1, 0.15) is 5.82 Å². The van der Waals surface area contributed by atoms with Crippen LogP contribution < -0.4 is 10.6 Å². The van der Waals surface area contributed by atoms with E-state index in [2.05, 4.69) is 10.6 Å². The van der Waals surface area contributed by atoms with Crippen molar-refractivity contribution in [2.24, 2.45) is 5.92 Å². The number of hydrogen-bond donors (Lipinski definition) is 2. The van der Waals surface area contributed by atoms with Crippen LogP contribution in [-0.2, 0) is 16.1 Å². The molecule has 0 radical (unpaired) electrons. The Morgan fingerprint density at radius 1 is 1.33 bits per heavy atom. The minimum atomic E-state index is -0.339. The molecule has 1 aliphatic heterocycles. The molecule has 2 atom stereocenters. The molecule has 0 bridgehead atoms. The van der Waals surface area contributed by atoms with Gasteiger partial charge < -0.3 is 10.6 Å². The quantitative estimate of drug-likeness (QED) is 0.831. The predicted octanol–water partition coefficient (Wildman–Crippen LogP) is 1.68. The summed E-state index contributed by atoms with van der Waals surface area (Å²) in [6, 6.07) is 6.07. The number of nitrogens with zero attached hydrogens (tertiary/aromatic N) is 1. The first-order valence-electron chi connectivity index (χ1n) is 8.55. The number of carbonyl (C=O) groups excluding carboxylic acids is 2. The van der Waals surface area contributed by atoms with Crippen LogP contribution in [0.15, 0.2) is 24.3 Å². The zero-order chi connectivity index (χ0) is 17.5. The molecule has 0 saturated carbocycles. The van der Waals surface area contributed by atoms with E-state index in [-0.39, 0.29) is 36.1 Å². The number of carbonyl (C=O) groups is 2. The molecule has 0 aromatic heterocycles. The van der Waals surface area contributed by atoms with E-state index in [1.54, 1.807) is 18.2 Å². The van der Waals surface area contributed by atoms with Crippen molar-refractivity contribution in [1.29, 1.82) is 0 Å². The summed E-state index contributed by atoms with van der Waals surface area (Å²) in [5.41, 5.74) is 0.469. The Morgan fingerprint density at radius 3 is 2.79 bits per heavy atom. The molecule has 6 heteroatoms. The van der Waals surface area contributed by atoms with Crippen LogP contribution in [0.1, 0.15) is 32.3 Å². The second-order valence-corrected chi connectivity index (χ2v) is 6.21. The third kappa shape index (κ3) is 4.77. The topological polar surface area (TPSA) is 61.4 Å². The molecule has 1 fully saturated rings. The van der Waals surface area contributed by atoms with E-state index in [0.717, 1.165) is 19.4 Å². The molecule has 1 aromatic rings. The summed E-state index contributed by atoms with van der Waals surface area (Å²) in [6.07, 6.45) is 1.75. The second kappa shape index (κ2) is 8.78. The van der Waals surface area contributed by atoms with E-state index in [4.69, 9.17) is 0 Å². The summed E-state index contributed by atoms with van der Waals surface area (Å²) < 4.78 is 13.6. The van der Waals surface area contributed by atoms with Crippen LogP contribution in [0, 0.1) is 11.7 Å². The van der Waals surface area contributed by atoms with Crippen molar-refractivity contribution in [2.45, 2.75) is 39.3 Å². The van der Waals surface area contributed by atoms with Crippen LogP contribution in [0.5, 0.6) is 0 Å². The number of amides is 2. The average Bonchev–Trinajstić information content (AvgIpc) is 2.60. The first-order valence-corrected chi connectivity index (χ1v) is 8.55. The largest absolute Gasteiger partial charge is 0.356 e. The van der Waals surface area contributed by atoms with Gasteiger partial charge in [0.2, 0.25) is 11.8 Å². The summed E-state index contributed by atoms with van der Waals surface area (Å²) in [7, 11) is 0. The van der Waals surface area contributed by atoms with Gasteiger partial charge in [-0.25, -0.2) is 4.39 Å². The van der Waals surface area contributed by atoms with Crippen LogP contribution >= 0.6 is 0 Å². The van der Waals surface area contributed by atoms with Gasteiger partial charge in [-0.15, -0.1) is 0 Å². The van der Waals surface area contributed by atoms with Gasteiger partial charge in [-0.3, -0.25) is 14.5 Å². The Morgan fingerprint density at radius 2 is 2.08 bits per heavy atom. The highest BCUT2D eigenvalue weighted by atomic mass is 19.1. The molecule has 132 valence electrons. The number of rotatable bonds is 6. The molecule has 0 aliphatic carbocycles. The molecule has 2 unspecified atom stereocenters.